The number of hydrogen-bond acceptors (Lipinski definition) is 6. The first kappa shape index (κ1) is 21.9. The van der Waals surface area contributed by atoms with Crippen LogP contribution in [0.5, 0.6) is 0 Å². The van der Waals surface area contributed by atoms with E-state index in [1.165, 1.54) is 36.5 Å². The molecule has 1 aromatic carbocycles. The zero-order chi connectivity index (χ0) is 20.9. The summed E-state index contributed by atoms with van der Waals surface area (Å²) in [5, 5.41) is 13.1. The van der Waals surface area contributed by atoms with Crippen LogP contribution in [0.3, 0.4) is 0 Å². The first-order valence-corrected chi connectivity index (χ1v) is 12.3. The molecule has 4 rings (SSSR count). The first-order valence-electron chi connectivity index (χ1n) is 11.5. The van der Waals surface area contributed by atoms with Crippen LogP contribution in [0.4, 0.5) is 0 Å². The number of benzene rings is 1. The summed E-state index contributed by atoms with van der Waals surface area (Å²) in [6.07, 6.45) is 3.38. The molecule has 1 aromatic heterocycles. The molecule has 0 aliphatic carbocycles. The van der Waals surface area contributed by atoms with E-state index < -0.39 is 0 Å². The van der Waals surface area contributed by atoms with Crippen molar-refractivity contribution in [2.75, 3.05) is 39.3 Å². The maximum atomic E-state index is 9.69. The van der Waals surface area contributed by atoms with E-state index in [1.54, 1.807) is 11.3 Å². The predicted molar refractivity (Wildman–Crippen MR) is 125 cm³/mol. The molecule has 164 valence electrons. The fourth-order valence-corrected chi connectivity index (χ4v) is 5.86. The molecule has 0 unspecified atom stereocenters. The lowest BCUT2D eigenvalue weighted by atomic mass is 9.97. The number of rotatable bonds is 7. The van der Waals surface area contributed by atoms with E-state index in [-0.39, 0.29) is 6.61 Å². The Labute approximate surface area is 185 Å². The lowest BCUT2D eigenvalue weighted by Crippen LogP contribution is -2.58. The average Bonchev–Trinajstić information content (AvgIpc) is 3.23. The summed E-state index contributed by atoms with van der Waals surface area (Å²) in [7, 11) is 0. The molecule has 0 spiro atoms. The van der Waals surface area contributed by atoms with Crippen molar-refractivity contribution < 1.29 is 5.11 Å². The molecule has 0 radical (unpaired) electrons. The summed E-state index contributed by atoms with van der Waals surface area (Å²) in [5.74, 6) is 0. The molecule has 2 fully saturated rings. The van der Waals surface area contributed by atoms with Crippen molar-refractivity contribution in [2.45, 2.75) is 57.8 Å². The van der Waals surface area contributed by atoms with Gasteiger partial charge in [0, 0.05) is 55.3 Å². The Kier molecular flexibility index (Phi) is 7.55. The van der Waals surface area contributed by atoms with Crippen LogP contribution in [0.25, 0.3) is 11.3 Å². The lowest BCUT2D eigenvalue weighted by molar-refractivity contribution is -0.0000364. The van der Waals surface area contributed by atoms with Crippen molar-refractivity contribution in [3.8, 4) is 11.3 Å². The van der Waals surface area contributed by atoms with Crippen LogP contribution in [0.2, 0.25) is 0 Å². The van der Waals surface area contributed by atoms with Crippen molar-refractivity contribution in [1.82, 2.24) is 19.7 Å². The summed E-state index contributed by atoms with van der Waals surface area (Å²) in [4.78, 5) is 12.7. The zero-order valence-corrected chi connectivity index (χ0v) is 19.2. The molecule has 1 N–H and O–H groups in total. The van der Waals surface area contributed by atoms with Gasteiger partial charge in [-0.05, 0) is 46.2 Å². The Balaban J connectivity index is 1.35. The third kappa shape index (κ3) is 5.29. The molecular weight excluding hydrogens is 392 g/mol. The van der Waals surface area contributed by atoms with Gasteiger partial charge in [0.05, 0.1) is 12.2 Å². The molecule has 6 heteroatoms. The highest BCUT2D eigenvalue weighted by molar-refractivity contribution is 7.09. The van der Waals surface area contributed by atoms with Crippen LogP contribution in [0.1, 0.15) is 38.1 Å². The molecule has 0 bridgehead atoms. The summed E-state index contributed by atoms with van der Waals surface area (Å²) in [6, 6.07) is 12.2. The highest BCUT2D eigenvalue weighted by Crippen LogP contribution is 2.26. The van der Waals surface area contributed by atoms with E-state index in [0.717, 1.165) is 38.3 Å². The van der Waals surface area contributed by atoms with Crippen LogP contribution in [-0.4, -0.2) is 82.2 Å². The number of hydrogen-bond donors (Lipinski definition) is 1. The third-order valence-electron chi connectivity index (χ3n) is 6.75. The summed E-state index contributed by atoms with van der Waals surface area (Å²) < 4.78 is 0. The molecule has 2 aliphatic rings. The van der Waals surface area contributed by atoms with Crippen molar-refractivity contribution >= 4 is 11.3 Å². The number of piperidine rings is 1. The van der Waals surface area contributed by atoms with Gasteiger partial charge in [0.15, 0.2) is 0 Å². The number of thiazole rings is 1. The van der Waals surface area contributed by atoms with Crippen molar-refractivity contribution in [2.24, 2.45) is 0 Å². The van der Waals surface area contributed by atoms with Crippen LogP contribution >= 0.6 is 11.3 Å². The van der Waals surface area contributed by atoms with Gasteiger partial charge in [-0.2, -0.15) is 0 Å². The van der Waals surface area contributed by atoms with Gasteiger partial charge in [-0.15, -0.1) is 11.3 Å². The second kappa shape index (κ2) is 10.3. The summed E-state index contributed by atoms with van der Waals surface area (Å²) >= 11 is 1.76. The Morgan fingerprint density at radius 1 is 1.10 bits per heavy atom. The maximum Gasteiger partial charge on any atom is 0.107 e. The minimum Gasteiger partial charge on any atom is -0.396 e. The largest absolute Gasteiger partial charge is 0.396 e. The zero-order valence-electron chi connectivity index (χ0n) is 18.4. The quantitative estimate of drug-likeness (QED) is 0.731. The van der Waals surface area contributed by atoms with Crippen LogP contribution in [0.15, 0.2) is 35.7 Å². The number of aromatic nitrogens is 1. The summed E-state index contributed by atoms with van der Waals surface area (Å²) in [5.41, 5.74) is 2.27. The van der Waals surface area contributed by atoms with Crippen molar-refractivity contribution in [1.29, 1.82) is 0 Å². The molecule has 2 aromatic rings. The number of aliphatic hydroxyl groups is 1. The van der Waals surface area contributed by atoms with Gasteiger partial charge in [0.25, 0.3) is 0 Å². The van der Waals surface area contributed by atoms with Gasteiger partial charge < -0.3 is 10.0 Å². The maximum absolute atomic E-state index is 9.69. The highest BCUT2D eigenvalue weighted by atomic mass is 32.1. The van der Waals surface area contributed by atoms with Gasteiger partial charge in [-0.1, -0.05) is 30.3 Å². The Morgan fingerprint density at radius 3 is 2.57 bits per heavy atom. The molecule has 2 saturated heterocycles. The van der Waals surface area contributed by atoms with Crippen LogP contribution < -0.4 is 0 Å². The average molecular weight is 429 g/mol. The lowest BCUT2D eigenvalue weighted by Gasteiger charge is -2.48. The number of likely N-dealkylation sites (tertiary alicyclic amines) is 1. The van der Waals surface area contributed by atoms with E-state index in [2.05, 4.69) is 58.2 Å². The number of nitrogens with zero attached hydrogens (tertiary/aromatic N) is 4. The predicted octanol–water partition coefficient (Wildman–Crippen LogP) is 3.55. The fraction of sp³-hybridized carbons (Fsp3) is 0.625. The van der Waals surface area contributed by atoms with E-state index in [9.17, 15) is 5.11 Å². The van der Waals surface area contributed by atoms with Gasteiger partial charge in [0.2, 0.25) is 0 Å². The monoisotopic (exact) mass is 428 g/mol. The molecular formula is C24H36N4OS. The molecule has 30 heavy (non-hydrogen) atoms. The fourth-order valence-electron chi connectivity index (χ4n) is 5.01. The minimum atomic E-state index is 0.273. The van der Waals surface area contributed by atoms with Gasteiger partial charge in [-0.25, -0.2) is 4.98 Å². The summed E-state index contributed by atoms with van der Waals surface area (Å²) in [6.45, 7) is 11.4. The van der Waals surface area contributed by atoms with Gasteiger partial charge >= 0.3 is 0 Å². The molecule has 3 heterocycles. The van der Waals surface area contributed by atoms with E-state index in [4.69, 9.17) is 4.98 Å². The van der Waals surface area contributed by atoms with E-state index in [1.807, 2.05) is 6.07 Å². The van der Waals surface area contributed by atoms with Crippen LogP contribution in [0, 0.1) is 0 Å². The smallest absolute Gasteiger partial charge is 0.107 e. The topological polar surface area (TPSA) is 42.8 Å². The van der Waals surface area contributed by atoms with Crippen molar-refractivity contribution in [3.63, 3.8) is 0 Å². The molecule has 0 amide bonds. The second-order valence-electron chi connectivity index (χ2n) is 8.99. The van der Waals surface area contributed by atoms with E-state index >= 15 is 0 Å². The van der Waals surface area contributed by atoms with Crippen LogP contribution in [-0.2, 0) is 6.54 Å². The van der Waals surface area contributed by atoms with Gasteiger partial charge in [-0.3, -0.25) is 9.80 Å². The second-order valence-corrected chi connectivity index (χ2v) is 9.94. The minimum absolute atomic E-state index is 0.273. The Hall–Kier alpha value is -1.31. The van der Waals surface area contributed by atoms with E-state index in [0.29, 0.717) is 18.1 Å². The Bertz CT molecular complexity index is 773. The molecule has 5 nitrogen and oxygen atoms in total. The highest BCUT2D eigenvalue weighted by Gasteiger charge is 2.34. The molecule has 2 aliphatic heterocycles. The third-order valence-corrected chi connectivity index (χ3v) is 7.59. The first-order chi connectivity index (χ1) is 14.6. The molecule has 1 atom stereocenters. The molecule has 0 saturated carbocycles. The number of piperazine rings is 1. The van der Waals surface area contributed by atoms with Gasteiger partial charge in [0.1, 0.15) is 5.01 Å². The standard InChI is InChI=1S/C24H36N4OS/c1-19(2)27-11-8-21(9-12-27)28-14-13-26(16-22(28)10-15-29)17-24-25-23(18-30-24)20-6-4-3-5-7-20/h3-7,18-19,21-22,29H,8-17H2,1-2H3/t22-/m0/s1. The Morgan fingerprint density at radius 2 is 1.87 bits per heavy atom. The van der Waals surface area contributed by atoms with Crippen molar-refractivity contribution in [3.05, 3.63) is 40.7 Å². The normalized spacial score (nSPS) is 22.7. The number of aliphatic hydroxyl groups excluding tert-OH is 1. The SMILES string of the molecule is CC(C)N1CCC(N2CCN(Cc3nc(-c4ccccc4)cs3)C[C@@H]2CCO)CC1.